The van der Waals surface area contributed by atoms with E-state index in [2.05, 4.69) is 15.5 Å². The maximum absolute atomic E-state index is 4.54. The van der Waals surface area contributed by atoms with Crippen molar-refractivity contribution in [2.45, 2.75) is 30.9 Å². The van der Waals surface area contributed by atoms with Crippen molar-refractivity contribution < 1.29 is 0 Å². The van der Waals surface area contributed by atoms with Crippen LogP contribution in [-0.4, -0.2) is 29.0 Å². The van der Waals surface area contributed by atoms with Gasteiger partial charge in [0, 0.05) is 29.5 Å². The average molecular weight is 223 g/mol. The van der Waals surface area contributed by atoms with Crippen molar-refractivity contribution in [3.8, 4) is 0 Å². The number of piperidine rings is 1. The van der Waals surface area contributed by atoms with Gasteiger partial charge in [0.15, 0.2) is 0 Å². The number of aryl methyl sites for hydroxylation is 1. The minimum Gasteiger partial charge on any atom is -0.316 e. The van der Waals surface area contributed by atoms with Crippen LogP contribution in [0, 0.1) is 0 Å². The first kappa shape index (κ1) is 9.73. The molecule has 82 valence electrons. The number of rotatable bonds is 1. The van der Waals surface area contributed by atoms with Crippen molar-refractivity contribution in [3.63, 3.8) is 0 Å². The summed E-state index contributed by atoms with van der Waals surface area (Å²) in [5.41, 5.74) is 4.26. The van der Waals surface area contributed by atoms with Crippen LogP contribution >= 0.6 is 11.8 Å². The average Bonchev–Trinajstić information content (AvgIpc) is 2.74. The summed E-state index contributed by atoms with van der Waals surface area (Å²) >= 11 is 2.04. The lowest BCUT2D eigenvalue weighted by Crippen LogP contribution is -2.29. The van der Waals surface area contributed by atoms with E-state index in [-0.39, 0.29) is 0 Å². The maximum Gasteiger partial charge on any atom is 0.0708 e. The molecule has 0 radical (unpaired) electrons. The highest BCUT2D eigenvalue weighted by Gasteiger charge is 2.24. The lowest BCUT2D eigenvalue weighted by Gasteiger charge is -2.23. The number of thioether (sulfide) groups is 1. The van der Waals surface area contributed by atoms with Crippen molar-refractivity contribution in [2.75, 3.05) is 18.8 Å². The summed E-state index contributed by atoms with van der Waals surface area (Å²) < 4.78 is 0. The van der Waals surface area contributed by atoms with E-state index < -0.39 is 0 Å². The summed E-state index contributed by atoms with van der Waals surface area (Å²) in [7, 11) is 0. The Bertz CT molecular complexity index is 342. The molecule has 3 heterocycles. The molecule has 15 heavy (non-hydrogen) atoms. The topological polar surface area (TPSA) is 40.7 Å². The molecule has 1 aromatic rings. The summed E-state index contributed by atoms with van der Waals surface area (Å²) in [5, 5.41) is 11.2. The zero-order valence-corrected chi connectivity index (χ0v) is 9.70. The van der Waals surface area contributed by atoms with Gasteiger partial charge in [-0.15, -0.1) is 0 Å². The van der Waals surface area contributed by atoms with Crippen LogP contribution in [0.1, 0.15) is 35.7 Å². The normalized spacial score (nSPS) is 26.3. The zero-order valence-electron chi connectivity index (χ0n) is 8.88. The molecule has 3 nitrogen and oxygen atoms in total. The van der Waals surface area contributed by atoms with E-state index in [1.807, 2.05) is 11.8 Å². The third-order valence-electron chi connectivity index (χ3n) is 3.41. The van der Waals surface area contributed by atoms with Gasteiger partial charge in [-0.1, -0.05) is 0 Å². The van der Waals surface area contributed by atoms with E-state index in [0.29, 0.717) is 5.92 Å². The number of aromatic nitrogens is 2. The van der Waals surface area contributed by atoms with E-state index in [0.717, 1.165) is 12.3 Å². The second-order valence-corrected chi connectivity index (χ2v) is 5.52. The van der Waals surface area contributed by atoms with Gasteiger partial charge in [-0.25, -0.2) is 0 Å². The fourth-order valence-electron chi connectivity index (χ4n) is 2.56. The molecule has 1 atom stereocenters. The Morgan fingerprint density at radius 2 is 2.40 bits per heavy atom. The minimum atomic E-state index is 0.650. The molecule has 1 aromatic heterocycles. The lowest BCUT2D eigenvalue weighted by atomic mass is 9.93. The Hall–Kier alpha value is -0.480. The molecule has 2 aliphatic heterocycles. The molecule has 1 saturated heterocycles. The second-order valence-electron chi connectivity index (χ2n) is 4.41. The summed E-state index contributed by atoms with van der Waals surface area (Å²) in [6.07, 6.45) is 3.77. The van der Waals surface area contributed by atoms with Gasteiger partial charge >= 0.3 is 0 Å². The van der Waals surface area contributed by atoms with Gasteiger partial charge in [0.05, 0.1) is 5.69 Å². The summed E-state index contributed by atoms with van der Waals surface area (Å²) in [6, 6.07) is 0. The van der Waals surface area contributed by atoms with Crippen molar-refractivity contribution in [3.05, 3.63) is 17.0 Å². The first-order valence-corrected chi connectivity index (χ1v) is 6.95. The maximum atomic E-state index is 4.54. The standard InChI is InChI=1S/C11H17N3S/c1-2-8(6-12-4-1)11-9-7-15-5-3-10(9)13-14-11/h8,12H,1-7H2,(H,13,14). The van der Waals surface area contributed by atoms with E-state index in [4.69, 9.17) is 0 Å². The van der Waals surface area contributed by atoms with Crippen molar-refractivity contribution in [2.24, 2.45) is 0 Å². The highest BCUT2D eigenvalue weighted by molar-refractivity contribution is 7.98. The van der Waals surface area contributed by atoms with Crippen LogP contribution in [0.5, 0.6) is 0 Å². The third-order valence-corrected chi connectivity index (χ3v) is 4.40. The molecule has 3 rings (SSSR count). The van der Waals surface area contributed by atoms with Crippen molar-refractivity contribution in [1.82, 2.24) is 15.5 Å². The van der Waals surface area contributed by atoms with Gasteiger partial charge in [0.2, 0.25) is 0 Å². The van der Waals surface area contributed by atoms with Crippen LogP contribution in [0.2, 0.25) is 0 Å². The second kappa shape index (κ2) is 4.18. The Labute approximate surface area is 94.4 Å². The Kier molecular flexibility index (Phi) is 2.71. The molecule has 1 fully saturated rings. The first-order chi connectivity index (χ1) is 7.45. The monoisotopic (exact) mass is 223 g/mol. The van der Waals surface area contributed by atoms with Crippen LogP contribution < -0.4 is 5.32 Å². The Morgan fingerprint density at radius 1 is 1.40 bits per heavy atom. The number of nitrogens with zero attached hydrogens (tertiary/aromatic N) is 1. The number of aromatic amines is 1. The van der Waals surface area contributed by atoms with E-state index in [1.54, 1.807) is 0 Å². The Morgan fingerprint density at radius 3 is 3.27 bits per heavy atom. The van der Waals surface area contributed by atoms with E-state index in [9.17, 15) is 0 Å². The molecular formula is C11H17N3S. The fraction of sp³-hybridized carbons (Fsp3) is 0.727. The first-order valence-electron chi connectivity index (χ1n) is 5.79. The predicted molar refractivity (Wildman–Crippen MR) is 63.3 cm³/mol. The number of hydrogen-bond donors (Lipinski definition) is 2. The van der Waals surface area contributed by atoms with Gasteiger partial charge in [0.1, 0.15) is 0 Å². The fourth-order valence-corrected chi connectivity index (χ4v) is 3.58. The minimum absolute atomic E-state index is 0.650. The molecule has 0 aromatic carbocycles. The highest BCUT2D eigenvalue weighted by atomic mass is 32.2. The lowest BCUT2D eigenvalue weighted by molar-refractivity contribution is 0.453. The van der Waals surface area contributed by atoms with Crippen LogP contribution in [0.15, 0.2) is 0 Å². The highest BCUT2D eigenvalue weighted by Crippen LogP contribution is 2.32. The Balaban J connectivity index is 1.87. The largest absolute Gasteiger partial charge is 0.316 e. The SMILES string of the molecule is C1CNCC(c2n[nH]c3c2CSCC3)C1. The van der Waals surface area contributed by atoms with Gasteiger partial charge in [-0.05, 0) is 31.6 Å². The summed E-state index contributed by atoms with van der Waals surface area (Å²) in [5.74, 6) is 3.06. The molecule has 0 aliphatic carbocycles. The van der Waals surface area contributed by atoms with Gasteiger partial charge in [0.25, 0.3) is 0 Å². The van der Waals surface area contributed by atoms with Gasteiger partial charge < -0.3 is 5.32 Å². The summed E-state index contributed by atoms with van der Waals surface area (Å²) in [6.45, 7) is 2.29. The molecular weight excluding hydrogens is 206 g/mol. The predicted octanol–water partition coefficient (Wildman–Crippen LogP) is 1.67. The number of fused-ring (bicyclic) bond motifs is 1. The molecule has 4 heteroatoms. The molecule has 0 bridgehead atoms. The number of hydrogen-bond acceptors (Lipinski definition) is 3. The van der Waals surface area contributed by atoms with E-state index >= 15 is 0 Å². The molecule has 1 unspecified atom stereocenters. The van der Waals surface area contributed by atoms with Crippen LogP contribution in [0.4, 0.5) is 0 Å². The van der Waals surface area contributed by atoms with Crippen molar-refractivity contribution in [1.29, 1.82) is 0 Å². The van der Waals surface area contributed by atoms with Gasteiger partial charge in [-0.3, -0.25) is 5.10 Å². The number of nitrogens with one attached hydrogen (secondary N) is 2. The number of H-pyrrole nitrogens is 1. The molecule has 2 N–H and O–H groups in total. The molecule has 0 amide bonds. The van der Waals surface area contributed by atoms with Crippen molar-refractivity contribution >= 4 is 11.8 Å². The van der Waals surface area contributed by atoms with Gasteiger partial charge in [-0.2, -0.15) is 16.9 Å². The van der Waals surface area contributed by atoms with Crippen LogP contribution in [-0.2, 0) is 12.2 Å². The van der Waals surface area contributed by atoms with Crippen LogP contribution in [0.25, 0.3) is 0 Å². The zero-order chi connectivity index (χ0) is 10.1. The quantitative estimate of drug-likeness (QED) is 0.761. The molecule has 0 spiro atoms. The van der Waals surface area contributed by atoms with E-state index in [1.165, 1.54) is 48.5 Å². The molecule has 2 aliphatic rings. The summed E-state index contributed by atoms with van der Waals surface area (Å²) in [4.78, 5) is 0. The smallest absolute Gasteiger partial charge is 0.0708 e. The third kappa shape index (κ3) is 1.81. The van der Waals surface area contributed by atoms with Crippen LogP contribution in [0.3, 0.4) is 0 Å². The molecule has 0 saturated carbocycles.